The van der Waals surface area contributed by atoms with Gasteiger partial charge in [0.25, 0.3) is 5.91 Å². The molecule has 1 aromatic heterocycles. The van der Waals surface area contributed by atoms with Crippen molar-refractivity contribution >= 4 is 33.0 Å². The van der Waals surface area contributed by atoms with Crippen LogP contribution in [-0.4, -0.2) is 42.5 Å². The number of aromatic nitrogens is 3. The summed E-state index contributed by atoms with van der Waals surface area (Å²) in [5, 5.41) is 16.6. The highest BCUT2D eigenvalue weighted by atomic mass is 35.5. The topological polar surface area (TPSA) is 147 Å². The number of nitriles is 1. The number of anilines is 1. The van der Waals surface area contributed by atoms with Crippen molar-refractivity contribution < 1.29 is 17.9 Å². The van der Waals surface area contributed by atoms with Crippen molar-refractivity contribution in [3.8, 4) is 28.9 Å². The van der Waals surface area contributed by atoms with Crippen LogP contribution in [0.15, 0.2) is 70.4 Å². The summed E-state index contributed by atoms with van der Waals surface area (Å²) in [7, 11) is -1.99. The Hall–Kier alpha value is -4.40. The summed E-state index contributed by atoms with van der Waals surface area (Å²) < 4.78 is 29.7. The third-order valence-corrected chi connectivity index (χ3v) is 6.65. The predicted molar refractivity (Wildman–Crippen MR) is 133 cm³/mol. The molecule has 0 saturated heterocycles. The first-order valence-corrected chi connectivity index (χ1v) is 12.6. The fourth-order valence-corrected chi connectivity index (χ4v) is 4.35. The van der Waals surface area contributed by atoms with E-state index in [0.717, 1.165) is 10.9 Å². The summed E-state index contributed by atoms with van der Waals surface area (Å²) in [5.74, 6) is -0.222. The van der Waals surface area contributed by atoms with Crippen LogP contribution in [0.25, 0.3) is 17.1 Å². The Morgan fingerprint density at radius 1 is 1.17 bits per heavy atom. The van der Waals surface area contributed by atoms with Gasteiger partial charge in [-0.1, -0.05) is 17.7 Å². The highest BCUT2D eigenvalue weighted by Crippen LogP contribution is 2.29. The molecule has 0 bridgehead atoms. The quantitative estimate of drug-likeness (QED) is 0.393. The van der Waals surface area contributed by atoms with Gasteiger partial charge < -0.3 is 10.1 Å². The first kappa shape index (κ1) is 24.7. The molecule has 0 saturated carbocycles. The number of halogens is 1. The van der Waals surface area contributed by atoms with E-state index in [2.05, 4.69) is 15.4 Å². The zero-order valence-corrected chi connectivity index (χ0v) is 20.5. The van der Waals surface area contributed by atoms with Crippen molar-refractivity contribution in [3.63, 3.8) is 0 Å². The molecule has 36 heavy (non-hydrogen) atoms. The molecule has 0 spiro atoms. The Kier molecular flexibility index (Phi) is 6.65. The minimum absolute atomic E-state index is 0.112. The second kappa shape index (κ2) is 9.69. The van der Waals surface area contributed by atoms with Gasteiger partial charge in [-0.25, -0.2) is 13.2 Å². The summed E-state index contributed by atoms with van der Waals surface area (Å²) in [4.78, 5) is 28.2. The van der Waals surface area contributed by atoms with E-state index in [0.29, 0.717) is 16.9 Å². The SMILES string of the molecule is COc1cc(-n2nc(-c3c(Cl)cccc3C#N)[nH]c2=O)ccc1C(=O)Nc1ccc(S(C)(=O)=O)cc1. The number of sulfone groups is 1. The molecular formula is C24H18ClN5O5S. The zero-order valence-electron chi connectivity index (χ0n) is 18.9. The van der Waals surface area contributed by atoms with E-state index >= 15 is 0 Å². The standard InChI is InChI=1S/C24H18ClN5O5S/c1-35-20-12-16(30-24(32)28-22(29-30)21-14(13-26)4-3-5-19(21)25)8-11-18(20)23(31)27-15-6-9-17(10-7-15)36(2,33)34/h3-12H,1-2H3,(H,27,31)(H,28,29,32). The number of H-pyrrole nitrogens is 1. The van der Waals surface area contributed by atoms with Crippen LogP contribution in [0.2, 0.25) is 5.02 Å². The van der Waals surface area contributed by atoms with Crippen LogP contribution in [-0.2, 0) is 9.84 Å². The molecule has 12 heteroatoms. The number of methoxy groups -OCH3 is 1. The van der Waals surface area contributed by atoms with E-state index in [1.165, 1.54) is 49.6 Å². The lowest BCUT2D eigenvalue weighted by Crippen LogP contribution is -2.17. The van der Waals surface area contributed by atoms with Gasteiger partial charge in [0.05, 0.1) is 45.5 Å². The minimum atomic E-state index is -3.36. The van der Waals surface area contributed by atoms with Gasteiger partial charge in [-0.15, -0.1) is 5.10 Å². The molecule has 4 aromatic rings. The van der Waals surface area contributed by atoms with Gasteiger partial charge in [0.1, 0.15) is 5.75 Å². The molecule has 182 valence electrons. The summed E-state index contributed by atoms with van der Waals surface area (Å²) >= 11 is 6.23. The summed E-state index contributed by atoms with van der Waals surface area (Å²) in [6.07, 6.45) is 1.09. The predicted octanol–water partition coefficient (Wildman–Crippen LogP) is 3.42. The van der Waals surface area contributed by atoms with Crippen LogP contribution in [0.5, 0.6) is 5.75 Å². The normalized spacial score (nSPS) is 11.1. The fourth-order valence-electron chi connectivity index (χ4n) is 3.45. The number of hydrogen-bond donors (Lipinski definition) is 2. The number of benzene rings is 3. The maximum atomic E-state index is 12.8. The molecule has 4 rings (SSSR count). The molecule has 10 nitrogen and oxygen atoms in total. The van der Waals surface area contributed by atoms with Crippen LogP contribution in [0.4, 0.5) is 5.69 Å². The highest BCUT2D eigenvalue weighted by molar-refractivity contribution is 7.90. The lowest BCUT2D eigenvalue weighted by atomic mass is 10.1. The lowest BCUT2D eigenvalue weighted by Gasteiger charge is -2.11. The Labute approximate surface area is 210 Å². The highest BCUT2D eigenvalue weighted by Gasteiger charge is 2.19. The summed E-state index contributed by atoms with van der Waals surface area (Å²) in [6.45, 7) is 0. The Balaban J connectivity index is 1.65. The van der Waals surface area contributed by atoms with Crippen LogP contribution in [0.1, 0.15) is 15.9 Å². The van der Waals surface area contributed by atoms with Gasteiger partial charge in [0.2, 0.25) is 0 Å². The number of amides is 1. The zero-order chi connectivity index (χ0) is 26.0. The van der Waals surface area contributed by atoms with Crippen molar-refractivity contribution in [2.45, 2.75) is 4.90 Å². The number of nitrogens with zero attached hydrogens (tertiary/aromatic N) is 3. The maximum Gasteiger partial charge on any atom is 0.348 e. The van der Waals surface area contributed by atoms with Crippen LogP contribution in [0, 0.1) is 11.3 Å². The first-order valence-electron chi connectivity index (χ1n) is 10.3. The van der Waals surface area contributed by atoms with Gasteiger partial charge in [-0.2, -0.15) is 9.94 Å². The molecule has 0 aliphatic rings. The maximum absolute atomic E-state index is 12.8. The van der Waals surface area contributed by atoms with E-state index in [4.69, 9.17) is 16.3 Å². The van der Waals surface area contributed by atoms with Crippen molar-refractivity contribution in [3.05, 3.63) is 87.3 Å². The van der Waals surface area contributed by atoms with Gasteiger partial charge in [-0.05, 0) is 48.5 Å². The monoisotopic (exact) mass is 523 g/mol. The lowest BCUT2D eigenvalue weighted by molar-refractivity contribution is 0.102. The number of carbonyl (C=O) groups excluding carboxylic acids is 1. The van der Waals surface area contributed by atoms with E-state index < -0.39 is 21.4 Å². The second-order valence-corrected chi connectivity index (χ2v) is 10.0. The van der Waals surface area contributed by atoms with E-state index in [1.807, 2.05) is 6.07 Å². The van der Waals surface area contributed by atoms with Gasteiger partial charge in [-0.3, -0.25) is 9.78 Å². The smallest absolute Gasteiger partial charge is 0.348 e. The third-order valence-electron chi connectivity index (χ3n) is 5.20. The minimum Gasteiger partial charge on any atom is -0.496 e. The number of rotatable bonds is 6. The van der Waals surface area contributed by atoms with Gasteiger partial charge >= 0.3 is 5.69 Å². The molecule has 0 atom stereocenters. The summed E-state index contributed by atoms with van der Waals surface area (Å²) in [5.41, 5.74) is 0.827. The van der Waals surface area contributed by atoms with Crippen molar-refractivity contribution in [2.24, 2.45) is 0 Å². The Morgan fingerprint density at radius 2 is 1.89 bits per heavy atom. The molecule has 3 aromatic carbocycles. The molecule has 1 heterocycles. The van der Waals surface area contributed by atoms with Gasteiger partial charge in [0, 0.05) is 18.0 Å². The molecule has 1 amide bonds. The second-order valence-electron chi connectivity index (χ2n) is 7.60. The summed E-state index contributed by atoms with van der Waals surface area (Å²) in [6, 6.07) is 17.0. The number of hydrogen-bond acceptors (Lipinski definition) is 7. The number of carbonyl (C=O) groups is 1. The average Bonchev–Trinajstić information content (AvgIpc) is 3.24. The van der Waals surface area contributed by atoms with Crippen LogP contribution >= 0.6 is 11.6 Å². The molecule has 0 fully saturated rings. The number of aromatic amines is 1. The van der Waals surface area contributed by atoms with Crippen molar-refractivity contribution in [2.75, 3.05) is 18.7 Å². The number of ether oxygens (including phenoxy) is 1. The Bertz CT molecular complexity index is 1690. The average molecular weight is 524 g/mol. The molecule has 0 unspecified atom stereocenters. The van der Waals surface area contributed by atoms with E-state index in [1.54, 1.807) is 18.2 Å². The Morgan fingerprint density at radius 3 is 2.53 bits per heavy atom. The molecular weight excluding hydrogens is 506 g/mol. The van der Waals surface area contributed by atoms with E-state index in [-0.39, 0.29) is 32.6 Å². The fraction of sp³-hybridized carbons (Fsp3) is 0.0833. The molecule has 0 radical (unpaired) electrons. The molecule has 0 aliphatic heterocycles. The molecule has 2 N–H and O–H groups in total. The van der Waals surface area contributed by atoms with Crippen LogP contribution < -0.4 is 15.7 Å². The third kappa shape index (κ3) is 4.86. The first-order chi connectivity index (χ1) is 17.1. The van der Waals surface area contributed by atoms with Crippen molar-refractivity contribution in [1.82, 2.24) is 14.8 Å². The van der Waals surface area contributed by atoms with Crippen LogP contribution in [0.3, 0.4) is 0 Å². The van der Waals surface area contributed by atoms with E-state index in [9.17, 15) is 23.3 Å². The largest absolute Gasteiger partial charge is 0.496 e. The van der Waals surface area contributed by atoms with Gasteiger partial charge in [0.15, 0.2) is 15.7 Å². The number of nitrogens with one attached hydrogen (secondary N) is 2. The van der Waals surface area contributed by atoms with Crippen molar-refractivity contribution in [1.29, 1.82) is 5.26 Å². The molecule has 0 aliphatic carbocycles.